The number of rotatable bonds is 3. The Kier molecular flexibility index (Phi) is 4.92. The van der Waals surface area contributed by atoms with Crippen LogP contribution in [0.3, 0.4) is 0 Å². The van der Waals surface area contributed by atoms with E-state index in [-0.39, 0.29) is 11.6 Å². The van der Waals surface area contributed by atoms with Gasteiger partial charge >= 0.3 is 0 Å². The predicted octanol–water partition coefficient (Wildman–Crippen LogP) is 7.10. The monoisotopic (exact) mass is 414 g/mol. The molecular weight excluding hydrogens is 401 g/mol. The molecule has 28 heavy (non-hydrogen) atoms. The molecule has 140 valence electrons. The van der Waals surface area contributed by atoms with E-state index in [9.17, 15) is 8.78 Å². The summed E-state index contributed by atoms with van der Waals surface area (Å²) in [7, 11) is 0. The molecule has 0 radical (unpaired) electrons. The molecular formula is C22H14Cl2F2N2. The van der Waals surface area contributed by atoms with Gasteiger partial charge in [-0.3, -0.25) is 0 Å². The van der Waals surface area contributed by atoms with E-state index in [1.807, 2.05) is 13.0 Å². The summed E-state index contributed by atoms with van der Waals surface area (Å²) >= 11 is 12.3. The van der Waals surface area contributed by atoms with E-state index in [0.717, 1.165) is 22.4 Å². The molecule has 0 aliphatic heterocycles. The quantitative estimate of drug-likeness (QED) is 0.349. The first-order chi connectivity index (χ1) is 13.4. The highest BCUT2D eigenvalue weighted by Gasteiger charge is 2.19. The predicted molar refractivity (Wildman–Crippen MR) is 109 cm³/mol. The van der Waals surface area contributed by atoms with Crippen LogP contribution in [0.1, 0.15) is 5.56 Å². The first kappa shape index (κ1) is 18.7. The van der Waals surface area contributed by atoms with Crippen molar-refractivity contribution in [1.29, 1.82) is 0 Å². The van der Waals surface area contributed by atoms with Crippen molar-refractivity contribution in [2.75, 3.05) is 0 Å². The lowest BCUT2D eigenvalue weighted by Gasteiger charge is -2.10. The molecule has 3 aromatic carbocycles. The molecule has 0 amide bonds. The molecule has 1 aromatic heterocycles. The topological polar surface area (TPSA) is 17.8 Å². The van der Waals surface area contributed by atoms with Crippen LogP contribution in [0, 0.1) is 18.6 Å². The van der Waals surface area contributed by atoms with Gasteiger partial charge in [0.15, 0.2) is 0 Å². The normalized spacial score (nSPS) is 11.0. The minimum atomic E-state index is -0.319. The Hall–Kier alpha value is -2.69. The van der Waals surface area contributed by atoms with Gasteiger partial charge in [-0.25, -0.2) is 13.5 Å². The maximum Gasteiger partial charge on any atom is 0.123 e. The Morgan fingerprint density at radius 1 is 0.750 bits per heavy atom. The van der Waals surface area contributed by atoms with Crippen molar-refractivity contribution < 1.29 is 8.78 Å². The van der Waals surface area contributed by atoms with Crippen LogP contribution in [0.5, 0.6) is 0 Å². The molecule has 0 aliphatic rings. The summed E-state index contributed by atoms with van der Waals surface area (Å²) in [5, 5.41) is 5.59. The van der Waals surface area contributed by atoms with Crippen LogP contribution < -0.4 is 0 Å². The van der Waals surface area contributed by atoms with Crippen LogP contribution >= 0.6 is 23.2 Å². The van der Waals surface area contributed by atoms with Crippen molar-refractivity contribution in [3.05, 3.63) is 94.0 Å². The molecule has 4 aromatic rings. The van der Waals surface area contributed by atoms with Crippen LogP contribution in [-0.2, 0) is 0 Å². The average molecular weight is 415 g/mol. The Balaban J connectivity index is 1.97. The maximum atomic E-state index is 13.4. The summed E-state index contributed by atoms with van der Waals surface area (Å²) in [5.41, 5.74) is 4.66. The number of aromatic nitrogens is 2. The fourth-order valence-corrected chi connectivity index (χ4v) is 3.42. The zero-order valence-electron chi connectivity index (χ0n) is 14.8. The molecule has 0 saturated heterocycles. The summed E-state index contributed by atoms with van der Waals surface area (Å²) in [6.07, 6.45) is 0. The second-order valence-electron chi connectivity index (χ2n) is 6.35. The zero-order valence-corrected chi connectivity index (χ0v) is 16.3. The lowest BCUT2D eigenvalue weighted by Crippen LogP contribution is -2.00. The van der Waals surface area contributed by atoms with Gasteiger partial charge in [0.1, 0.15) is 11.6 Å². The third kappa shape index (κ3) is 3.41. The van der Waals surface area contributed by atoms with Crippen molar-refractivity contribution in [3.8, 4) is 28.2 Å². The van der Waals surface area contributed by atoms with Crippen molar-refractivity contribution in [3.63, 3.8) is 0 Å². The minimum absolute atomic E-state index is 0.316. The van der Waals surface area contributed by atoms with Crippen LogP contribution in [0.4, 0.5) is 8.78 Å². The number of hydrogen-bond acceptors (Lipinski definition) is 1. The van der Waals surface area contributed by atoms with Crippen LogP contribution in [0.2, 0.25) is 10.0 Å². The summed E-state index contributed by atoms with van der Waals surface area (Å²) < 4.78 is 28.5. The second kappa shape index (κ2) is 7.38. The Labute approximate surface area is 171 Å². The van der Waals surface area contributed by atoms with Crippen molar-refractivity contribution in [2.45, 2.75) is 6.92 Å². The highest BCUT2D eigenvalue weighted by molar-refractivity contribution is 6.42. The SMILES string of the molecule is Cc1c(-c2ccc(F)cc2)nn(-c2ccc(Cl)c(Cl)c2)c1-c1ccc(F)cc1. The summed E-state index contributed by atoms with van der Waals surface area (Å²) in [4.78, 5) is 0. The molecule has 0 spiro atoms. The molecule has 0 unspecified atom stereocenters. The minimum Gasteiger partial charge on any atom is -0.232 e. The van der Waals surface area contributed by atoms with E-state index in [2.05, 4.69) is 0 Å². The number of halogens is 4. The highest BCUT2D eigenvalue weighted by atomic mass is 35.5. The molecule has 6 heteroatoms. The molecule has 1 heterocycles. The maximum absolute atomic E-state index is 13.4. The van der Waals surface area contributed by atoms with Crippen molar-refractivity contribution >= 4 is 23.2 Å². The first-order valence-electron chi connectivity index (χ1n) is 8.51. The smallest absolute Gasteiger partial charge is 0.123 e. The third-order valence-electron chi connectivity index (χ3n) is 4.51. The molecule has 0 atom stereocenters. The van der Waals surface area contributed by atoms with Gasteiger partial charge in [0.05, 0.1) is 27.1 Å². The molecule has 0 aliphatic carbocycles. The lowest BCUT2D eigenvalue weighted by molar-refractivity contribution is 0.627. The van der Waals surface area contributed by atoms with Gasteiger partial charge in [0.2, 0.25) is 0 Å². The van der Waals surface area contributed by atoms with Crippen molar-refractivity contribution in [1.82, 2.24) is 9.78 Å². The van der Waals surface area contributed by atoms with Gasteiger partial charge in [-0.2, -0.15) is 5.10 Å². The third-order valence-corrected chi connectivity index (χ3v) is 5.24. The molecule has 0 fully saturated rings. The van der Waals surface area contributed by atoms with Gasteiger partial charge in [0.25, 0.3) is 0 Å². The lowest BCUT2D eigenvalue weighted by atomic mass is 10.0. The van der Waals surface area contributed by atoms with E-state index in [1.54, 1.807) is 41.1 Å². The molecule has 4 rings (SSSR count). The second-order valence-corrected chi connectivity index (χ2v) is 7.16. The molecule has 2 nitrogen and oxygen atoms in total. The number of benzene rings is 3. The van der Waals surface area contributed by atoms with E-state index >= 15 is 0 Å². The number of hydrogen-bond donors (Lipinski definition) is 0. The molecule has 0 N–H and O–H groups in total. The number of nitrogens with zero attached hydrogens (tertiary/aromatic N) is 2. The van der Waals surface area contributed by atoms with Gasteiger partial charge in [-0.15, -0.1) is 0 Å². The first-order valence-corrected chi connectivity index (χ1v) is 9.26. The van der Waals surface area contributed by atoms with E-state index < -0.39 is 0 Å². The van der Waals surface area contributed by atoms with E-state index in [0.29, 0.717) is 21.4 Å². The largest absolute Gasteiger partial charge is 0.232 e. The summed E-state index contributed by atoms with van der Waals surface area (Å²) in [6.45, 7) is 1.93. The Morgan fingerprint density at radius 3 is 1.89 bits per heavy atom. The molecule has 0 bridgehead atoms. The standard InChI is InChI=1S/C22H14Cl2F2N2/c1-13-21(14-2-6-16(25)7-3-14)27-28(18-10-11-19(23)20(24)12-18)22(13)15-4-8-17(26)9-5-15/h2-12H,1H3. The van der Waals surface area contributed by atoms with E-state index in [1.165, 1.54) is 24.3 Å². The van der Waals surface area contributed by atoms with Gasteiger partial charge < -0.3 is 0 Å². The van der Waals surface area contributed by atoms with Crippen molar-refractivity contribution in [2.24, 2.45) is 0 Å². The Morgan fingerprint density at radius 2 is 1.32 bits per heavy atom. The van der Waals surface area contributed by atoms with Crippen LogP contribution in [0.15, 0.2) is 66.7 Å². The van der Waals surface area contributed by atoms with Gasteiger partial charge in [-0.05, 0) is 73.7 Å². The van der Waals surface area contributed by atoms with Gasteiger partial charge in [-0.1, -0.05) is 23.2 Å². The van der Waals surface area contributed by atoms with Crippen LogP contribution in [-0.4, -0.2) is 9.78 Å². The average Bonchev–Trinajstić information content (AvgIpc) is 3.02. The fraction of sp³-hybridized carbons (Fsp3) is 0.0455. The Bertz CT molecular complexity index is 1150. The molecule has 0 saturated carbocycles. The summed E-state index contributed by atoms with van der Waals surface area (Å²) in [5.74, 6) is -0.634. The van der Waals surface area contributed by atoms with Crippen LogP contribution in [0.25, 0.3) is 28.2 Å². The summed E-state index contributed by atoms with van der Waals surface area (Å²) in [6, 6.07) is 17.6. The fourth-order valence-electron chi connectivity index (χ4n) is 3.13. The highest BCUT2D eigenvalue weighted by Crippen LogP contribution is 2.35. The van der Waals surface area contributed by atoms with E-state index in [4.69, 9.17) is 28.3 Å². The zero-order chi connectivity index (χ0) is 19.8. The van der Waals surface area contributed by atoms with Gasteiger partial charge in [0, 0.05) is 16.7 Å².